The number of halogens is 3. The molecule has 3 heteroatoms. The van der Waals surface area contributed by atoms with Crippen molar-refractivity contribution in [1.82, 2.24) is 0 Å². The molecule has 0 aromatic rings. The highest BCUT2D eigenvalue weighted by atomic mass is 127. The quantitative estimate of drug-likeness (QED) is 0.0801. The molecule has 0 radical (unpaired) electrons. The number of hydrogen-bond donors (Lipinski definition) is 0. The van der Waals surface area contributed by atoms with Crippen LogP contribution >= 0.6 is 56.8 Å². The Balaban J connectivity index is 3.05. The second kappa shape index (κ2) is 19.5. The highest BCUT2D eigenvalue weighted by molar-refractivity contribution is 14.2. The van der Waals surface area contributed by atoms with Crippen LogP contribution in [0.2, 0.25) is 0 Å². The van der Waals surface area contributed by atoms with Crippen molar-refractivity contribution in [2.45, 2.75) is 91.8 Å². The molecule has 0 saturated carbocycles. The predicted molar refractivity (Wildman–Crippen MR) is 116 cm³/mol. The van der Waals surface area contributed by atoms with E-state index < -0.39 is 0 Å². The fraction of sp³-hybridized carbons (Fsp3) is 0.889. The van der Waals surface area contributed by atoms with Gasteiger partial charge in [0.2, 0.25) is 0 Å². The SMILES string of the molecule is ClCCCCCCCC/C=C/CCCCCCCC(I)I. The Bertz CT molecular complexity index is 217. The topological polar surface area (TPSA) is 0 Å². The van der Waals surface area contributed by atoms with E-state index >= 15 is 0 Å². The number of alkyl halides is 3. The van der Waals surface area contributed by atoms with Crippen molar-refractivity contribution >= 4 is 56.8 Å². The summed E-state index contributed by atoms with van der Waals surface area (Å²) in [6.45, 7) is 0. The van der Waals surface area contributed by atoms with Gasteiger partial charge in [-0.2, -0.15) is 0 Å². The molecule has 0 aromatic heterocycles. The van der Waals surface area contributed by atoms with Gasteiger partial charge in [-0.25, -0.2) is 0 Å². The van der Waals surface area contributed by atoms with Gasteiger partial charge >= 0.3 is 0 Å². The summed E-state index contributed by atoms with van der Waals surface area (Å²) in [5.74, 6) is 0.833. The third-order valence-electron chi connectivity index (χ3n) is 3.71. The highest BCUT2D eigenvalue weighted by Crippen LogP contribution is 2.18. The smallest absolute Gasteiger partial charge is 0.0626 e. The summed E-state index contributed by atoms with van der Waals surface area (Å²) in [5.41, 5.74) is 0. The Kier molecular flexibility index (Phi) is 20.9. The second-order valence-corrected chi connectivity index (χ2v) is 11.6. The van der Waals surface area contributed by atoms with Crippen LogP contribution in [-0.4, -0.2) is 7.81 Å². The van der Waals surface area contributed by atoms with E-state index in [-0.39, 0.29) is 0 Å². The summed E-state index contributed by atoms with van der Waals surface area (Å²) in [6, 6.07) is 0. The minimum atomic E-state index is 0.823. The first-order chi connectivity index (χ1) is 10.3. The molecule has 0 aliphatic carbocycles. The lowest BCUT2D eigenvalue weighted by atomic mass is 10.1. The van der Waals surface area contributed by atoms with Crippen LogP contribution in [0.1, 0.15) is 89.9 Å². The third-order valence-corrected chi connectivity index (χ3v) is 5.23. The zero-order valence-corrected chi connectivity index (χ0v) is 18.5. The van der Waals surface area contributed by atoms with E-state index in [4.69, 9.17) is 11.6 Å². The molecule has 0 amide bonds. The Morgan fingerprint density at radius 2 is 1.05 bits per heavy atom. The van der Waals surface area contributed by atoms with Gasteiger partial charge in [-0.15, -0.1) is 11.6 Å². The second-order valence-electron chi connectivity index (χ2n) is 5.81. The molecule has 0 aliphatic rings. The maximum Gasteiger partial charge on any atom is 0.0626 e. The maximum atomic E-state index is 5.66. The van der Waals surface area contributed by atoms with Gasteiger partial charge < -0.3 is 0 Å². The molecule has 0 aromatic carbocycles. The van der Waals surface area contributed by atoms with E-state index in [1.54, 1.807) is 0 Å². The minimum absolute atomic E-state index is 0.823. The molecular formula is C18H33ClI2. The van der Waals surface area contributed by atoms with Crippen molar-refractivity contribution in [1.29, 1.82) is 0 Å². The molecule has 0 aliphatic heterocycles. The van der Waals surface area contributed by atoms with E-state index in [0.717, 1.165) is 7.81 Å². The fourth-order valence-corrected chi connectivity index (χ4v) is 3.46. The van der Waals surface area contributed by atoms with E-state index in [1.807, 2.05) is 0 Å². The van der Waals surface area contributed by atoms with Crippen LogP contribution in [0.4, 0.5) is 0 Å². The van der Waals surface area contributed by atoms with Crippen LogP contribution in [0.3, 0.4) is 0 Å². The molecule has 0 N–H and O–H groups in total. The van der Waals surface area contributed by atoms with Gasteiger partial charge in [-0.1, -0.05) is 109 Å². The van der Waals surface area contributed by atoms with Crippen LogP contribution < -0.4 is 0 Å². The lowest BCUT2D eigenvalue weighted by molar-refractivity contribution is 0.608. The van der Waals surface area contributed by atoms with Crippen LogP contribution in [0.15, 0.2) is 12.2 Å². The lowest BCUT2D eigenvalue weighted by Gasteiger charge is -2.01. The van der Waals surface area contributed by atoms with Gasteiger partial charge in [0.05, 0.1) is 1.93 Å². The summed E-state index contributed by atoms with van der Waals surface area (Å²) in [4.78, 5) is 0. The molecule has 0 saturated heterocycles. The van der Waals surface area contributed by atoms with Crippen LogP contribution in [-0.2, 0) is 0 Å². The Morgan fingerprint density at radius 3 is 1.52 bits per heavy atom. The average Bonchev–Trinajstić information content (AvgIpc) is 2.46. The molecule has 0 atom stereocenters. The molecule has 0 fully saturated rings. The largest absolute Gasteiger partial charge is 0.127 e. The molecular weight excluding hydrogens is 505 g/mol. The Labute approximate surface area is 165 Å². The number of allylic oxidation sites excluding steroid dienone is 2. The monoisotopic (exact) mass is 538 g/mol. The Hall–Kier alpha value is 1.49. The molecule has 0 unspecified atom stereocenters. The van der Waals surface area contributed by atoms with E-state index in [1.165, 1.54) is 89.9 Å². The highest BCUT2D eigenvalue weighted by Gasteiger charge is 1.96. The maximum absolute atomic E-state index is 5.66. The first-order valence-corrected chi connectivity index (χ1v) is 11.8. The first-order valence-electron chi connectivity index (χ1n) is 8.76. The number of rotatable bonds is 16. The summed E-state index contributed by atoms with van der Waals surface area (Å²) >= 11 is 10.7. The average molecular weight is 539 g/mol. The molecule has 0 nitrogen and oxygen atoms in total. The van der Waals surface area contributed by atoms with Gasteiger partial charge in [-0.05, 0) is 38.5 Å². The Morgan fingerprint density at radius 1 is 0.619 bits per heavy atom. The lowest BCUT2D eigenvalue weighted by Crippen LogP contribution is -1.85. The van der Waals surface area contributed by atoms with Crippen molar-refractivity contribution in [2.24, 2.45) is 0 Å². The summed E-state index contributed by atoms with van der Waals surface area (Å²) in [6.07, 6.45) is 23.8. The van der Waals surface area contributed by atoms with Gasteiger partial charge in [0.15, 0.2) is 0 Å². The predicted octanol–water partition coefficient (Wildman–Crippen LogP) is 8.44. The van der Waals surface area contributed by atoms with Crippen LogP contribution in [0, 0.1) is 0 Å². The molecule has 126 valence electrons. The normalized spacial score (nSPS) is 11.8. The van der Waals surface area contributed by atoms with E-state index in [2.05, 4.69) is 57.3 Å². The fourth-order valence-electron chi connectivity index (χ4n) is 2.39. The zero-order chi connectivity index (χ0) is 15.6. The van der Waals surface area contributed by atoms with E-state index in [9.17, 15) is 0 Å². The summed E-state index contributed by atoms with van der Waals surface area (Å²) in [7, 11) is 0. The van der Waals surface area contributed by atoms with Crippen molar-refractivity contribution in [3.8, 4) is 0 Å². The van der Waals surface area contributed by atoms with Gasteiger partial charge in [-0.3, -0.25) is 0 Å². The minimum Gasteiger partial charge on any atom is -0.127 e. The molecule has 21 heavy (non-hydrogen) atoms. The molecule has 0 spiro atoms. The third kappa shape index (κ3) is 21.5. The summed E-state index contributed by atoms with van der Waals surface area (Å²) < 4.78 is 0.823. The molecule has 0 rings (SSSR count). The molecule has 0 heterocycles. The number of hydrogen-bond acceptors (Lipinski definition) is 0. The van der Waals surface area contributed by atoms with Crippen molar-refractivity contribution in [2.75, 3.05) is 5.88 Å². The first kappa shape index (κ1) is 22.5. The molecule has 0 bridgehead atoms. The standard InChI is InChI=1S/C18H33ClI2/c19-17-15-13-11-9-7-5-3-1-2-4-6-8-10-12-14-16-18(20)21/h1-2,18H,3-17H2/b2-1+. The van der Waals surface area contributed by atoms with Crippen molar-refractivity contribution in [3.05, 3.63) is 12.2 Å². The van der Waals surface area contributed by atoms with Crippen LogP contribution in [0.5, 0.6) is 0 Å². The van der Waals surface area contributed by atoms with Crippen molar-refractivity contribution < 1.29 is 0 Å². The number of unbranched alkanes of at least 4 members (excludes halogenated alkanes) is 11. The van der Waals surface area contributed by atoms with E-state index in [0.29, 0.717) is 0 Å². The van der Waals surface area contributed by atoms with Gasteiger partial charge in [0, 0.05) is 5.88 Å². The van der Waals surface area contributed by atoms with Crippen LogP contribution in [0.25, 0.3) is 0 Å². The van der Waals surface area contributed by atoms with Gasteiger partial charge in [0.1, 0.15) is 0 Å². The summed E-state index contributed by atoms with van der Waals surface area (Å²) in [5, 5.41) is 0. The van der Waals surface area contributed by atoms with Crippen molar-refractivity contribution in [3.63, 3.8) is 0 Å². The van der Waals surface area contributed by atoms with Gasteiger partial charge in [0.25, 0.3) is 0 Å². The zero-order valence-electron chi connectivity index (χ0n) is 13.5.